The quantitative estimate of drug-likeness (QED) is 0.865. The smallest absolute Gasteiger partial charge is 0.374 e. The minimum atomic E-state index is -4.66. The van der Waals surface area contributed by atoms with Crippen LogP contribution in [0.25, 0.3) is 0 Å². The Morgan fingerprint density at radius 1 is 1.44 bits per heavy atom. The summed E-state index contributed by atoms with van der Waals surface area (Å²) in [7, 11) is 1.38. The summed E-state index contributed by atoms with van der Waals surface area (Å²) < 4.78 is 46.9. The van der Waals surface area contributed by atoms with Crippen molar-refractivity contribution in [3.63, 3.8) is 0 Å². The van der Waals surface area contributed by atoms with Crippen LogP contribution in [0.1, 0.15) is 31.7 Å². The molecule has 0 saturated heterocycles. The number of nitrogens with zero attached hydrogens (tertiary/aromatic N) is 2. The third-order valence-corrected chi connectivity index (χ3v) is 2.19. The molecular formula is C8H12F3N3O2. The Morgan fingerprint density at radius 2 is 2.00 bits per heavy atom. The van der Waals surface area contributed by atoms with E-state index in [1.54, 1.807) is 6.92 Å². The van der Waals surface area contributed by atoms with Crippen molar-refractivity contribution >= 4 is 0 Å². The second-order valence-corrected chi connectivity index (χ2v) is 3.54. The predicted octanol–water partition coefficient (Wildman–Crippen LogP) is 1.51. The van der Waals surface area contributed by atoms with Crippen LogP contribution >= 0.6 is 0 Å². The standard InChI is InChI=1S/C8H12F3N3O2/c1-4(15-3)5-13-6(16-14-5)7(2,12)8(9,10)11/h4H,12H2,1-3H3. The lowest BCUT2D eigenvalue weighted by Crippen LogP contribution is -2.48. The molecule has 8 heteroatoms. The summed E-state index contributed by atoms with van der Waals surface area (Å²) in [6.07, 6.45) is -5.21. The van der Waals surface area contributed by atoms with E-state index in [1.165, 1.54) is 7.11 Å². The fraction of sp³-hybridized carbons (Fsp3) is 0.750. The minimum absolute atomic E-state index is 0.0263. The van der Waals surface area contributed by atoms with E-state index >= 15 is 0 Å². The van der Waals surface area contributed by atoms with E-state index in [2.05, 4.69) is 14.7 Å². The molecule has 92 valence electrons. The van der Waals surface area contributed by atoms with Crippen molar-refractivity contribution in [3.8, 4) is 0 Å². The molecule has 1 heterocycles. The lowest BCUT2D eigenvalue weighted by molar-refractivity contribution is -0.190. The maximum atomic E-state index is 12.5. The van der Waals surface area contributed by atoms with Crippen molar-refractivity contribution in [2.24, 2.45) is 5.73 Å². The zero-order valence-corrected chi connectivity index (χ0v) is 9.00. The van der Waals surface area contributed by atoms with Gasteiger partial charge in [-0.05, 0) is 13.8 Å². The molecule has 1 aromatic heterocycles. The maximum Gasteiger partial charge on any atom is 0.415 e. The number of hydrogen-bond acceptors (Lipinski definition) is 5. The zero-order chi connectivity index (χ0) is 12.6. The van der Waals surface area contributed by atoms with E-state index in [9.17, 15) is 13.2 Å². The molecule has 5 nitrogen and oxygen atoms in total. The fourth-order valence-corrected chi connectivity index (χ4v) is 0.838. The van der Waals surface area contributed by atoms with Crippen LogP contribution in [-0.4, -0.2) is 23.4 Å². The van der Waals surface area contributed by atoms with E-state index in [-0.39, 0.29) is 5.82 Å². The highest BCUT2D eigenvalue weighted by Gasteiger charge is 2.53. The first-order chi connectivity index (χ1) is 7.20. The summed E-state index contributed by atoms with van der Waals surface area (Å²) in [6.45, 7) is 2.35. The van der Waals surface area contributed by atoms with Crippen molar-refractivity contribution in [2.45, 2.75) is 31.7 Å². The Balaban J connectivity index is 3.02. The highest BCUT2D eigenvalue weighted by molar-refractivity contribution is 5.04. The number of halogens is 3. The summed E-state index contributed by atoms with van der Waals surface area (Å²) in [5, 5.41) is 3.38. The van der Waals surface area contributed by atoms with E-state index in [4.69, 9.17) is 10.5 Å². The molecule has 1 rings (SSSR count). The van der Waals surface area contributed by atoms with Crippen molar-refractivity contribution in [1.82, 2.24) is 10.1 Å². The molecule has 0 aliphatic rings. The molecule has 16 heavy (non-hydrogen) atoms. The van der Waals surface area contributed by atoms with Crippen LogP contribution < -0.4 is 5.73 Å². The molecular weight excluding hydrogens is 227 g/mol. The van der Waals surface area contributed by atoms with Gasteiger partial charge in [0.1, 0.15) is 6.10 Å². The molecule has 0 aliphatic heterocycles. The summed E-state index contributed by atoms with van der Waals surface area (Å²) in [5.41, 5.74) is 2.45. The summed E-state index contributed by atoms with van der Waals surface area (Å²) in [6, 6.07) is 0. The monoisotopic (exact) mass is 239 g/mol. The normalized spacial score (nSPS) is 18.2. The zero-order valence-electron chi connectivity index (χ0n) is 9.00. The summed E-state index contributed by atoms with van der Waals surface area (Å²) in [4.78, 5) is 3.57. The van der Waals surface area contributed by atoms with Crippen LogP contribution in [-0.2, 0) is 10.3 Å². The van der Waals surface area contributed by atoms with Gasteiger partial charge in [0.05, 0.1) is 0 Å². The number of rotatable bonds is 3. The van der Waals surface area contributed by atoms with Crippen LogP contribution in [0.4, 0.5) is 13.2 Å². The van der Waals surface area contributed by atoms with Gasteiger partial charge >= 0.3 is 6.18 Å². The average Bonchev–Trinajstić information content (AvgIpc) is 2.64. The average molecular weight is 239 g/mol. The van der Waals surface area contributed by atoms with E-state index < -0.39 is 23.7 Å². The molecule has 0 aromatic carbocycles. The number of ether oxygens (including phenoxy) is 1. The van der Waals surface area contributed by atoms with Crippen molar-refractivity contribution in [1.29, 1.82) is 0 Å². The van der Waals surface area contributed by atoms with Crippen LogP contribution in [0, 0.1) is 0 Å². The SMILES string of the molecule is COC(C)c1noc(C(C)(N)C(F)(F)F)n1. The first kappa shape index (κ1) is 12.9. The van der Waals surface area contributed by atoms with Gasteiger partial charge in [0.15, 0.2) is 11.4 Å². The number of hydrogen-bond donors (Lipinski definition) is 1. The second kappa shape index (κ2) is 4.02. The van der Waals surface area contributed by atoms with Gasteiger partial charge in [0.2, 0.25) is 0 Å². The molecule has 0 spiro atoms. The minimum Gasteiger partial charge on any atom is -0.374 e. The highest BCUT2D eigenvalue weighted by Crippen LogP contribution is 2.35. The molecule has 0 amide bonds. The Labute approximate surface area is 89.8 Å². The van der Waals surface area contributed by atoms with Crippen molar-refractivity contribution in [2.75, 3.05) is 7.11 Å². The van der Waals surface area contributed by atoms with Gasteiger partial charge in [-0.3, -0.25) is 0 Å². The van der Waals surface area contributed by atoms with Crippen molar-refractivity contribution in [3.05, 3.63) is 11.7 Å². The van der Waals surface area contributed by atoms with Crippen LogP contribution in [0.15, 0.2) is 4.52 Å². The van der Waals surface area contributed by atoms with Gasteiger partial charge in [-0.25, -0.2) is 0 Å². The van der Waals surface area contributed by atoms with E-state index in [1.807, 2.05) is 0 Å². The third-order valence-electron chi connectivity index (χ3n) is 2.19. The molecule has 0 bridgehead atoms. The first-order valence-electron chi connectivity index (χ1n) is 4.42. The molecule has 0 aliphatic carbocycles. The van der Waals surface area contributed by atoms with E-state index in [0.29, 0.717) is 0 Å². The lowest BCUT2D eigenvalue weighted by Gasteiger charge is -2.22. The predicted molar refractivity (Wildman–Crippen MR) is 47.3 cm³/mol. The van der Waals surface area contributed by atoms with Crippen LogP contribution in [0.5, 0.6) is 0 Å². The van der Waals surface area contributed by atoms with Crippen molar-refractivity contribution < 1.29 is 22.4 Å². The van der Waals surface area contributed by atoms with Gasteiger partial charge in [0.25, 0.3) is 5.89 Å². The van der Waals surface area contributed by atoms with Crippen LogP contribution in [0.3, 0.4) is 0 Å². The molecule has 2 atom stereocenters. The molecule has 0 saturated carbocycles. The molecule has 0 radical (unpaired) electrons. The third kappa shape index (κ3) is 2.17. The largest absolute Gasteiger partial charge is 0.415 e. The Hall–Kier alpha value is -1.15. The maximum absolute atomic E-state index is 12.5. The number of aromatic nitrogens is 2. The van der Waals surface area contributed by atoms with E-state index in [0.717, 1.165) is 6.92 Å². The van der Waals surface area contributed by atoms with Gasteiger partial charge in [-0.2, -0.15) is 18.2 Å². The van der Waals surface area contributed by atoms with Gasteiger partial charge < -0.3 is 15.0 Å². The second-order valence-electron chi connectivity index (χ2n) is 3.54. The van der Waals surface area contributed by atoms with Gasteiger partial charge in [0, 0.05) is 7.11 Å². The van der Waals surface area contributed by atoms with Gasteiger partial charge in [-0.1, -0.05) is 5.16 Å². The number of methoxy groups -OCH3 is 1. The molecule has 0 fully saturated rings. The highest BCUT2D eigenvalue weighted by atomic mass is 19.4. The Morgan fingerprint density at radius 3 is 2.44 bits per heavy atom. The summed E-state index contributed by atoms with van der Waals surface area (Å²) in [5.74, 6) is -0.655. The topological polar surface area (TPSA) is 74.2 Å². The number of alkyl halides is 3. The fourth-order valence-electron chi connectivity index (χ4n) is 0.838. The Kier molecular flexibility index (Phi) is 3.25. The Bertz CT molecular complexity index is 362. The molecule has 2 unspecified atom stereocenters. The molecule has 1 aromatic rings. The van der Waals surface area contributed by atoms with Gasteiger partial charge in [-0.15, -0.1) is 0 Å². The molecule has 2 N–H and O–H groups in total. The van der Waals surface area contributed by atoms with Crippen LogP contribution in [0.2, 0.25) is 0 Å². The lowest BCUT2D eigenvalue weighted by atomic mass is 10.0. The summed E-state index contributed by atoms with van der Waals surface area (Å²) >= 11 is 0. The number of nitrogens with two attached hydrogens (primary N) is 1. The first-order valence-corrected chi connectivity index (χ1v) is 4.42.